The van der Waals surface area contributed by atoms with Gasteiger partial charge < -0.3 is 10.1 Å². The van der Waals surface area contributed by atoms with Crippen molar-refractivity contribution >= 4 is 65.3 Å². The number of sulfonamides is 2. The molecule has 0 bridgehead atoms. The van der Waals surface area contributed by atoms with Crippen LogP contribution >= 0.6 is 22.7 Å². The van der Waals surface area contributed by atoms with Gasteiger partial charge >= 0.3 is 12.1 Å². The average molecular weight is 694 g/mol. The molecule has 44 heavy (non-hydrogen) atoms. The first-order valence-electron chi connectivity index (χ1n) is 13.3. The number of rotatable bonds is 9. The number of aromatic amines is 1. The number of nitrogens with zero attached hydrogens (tertiary/aromatic N) is 4. The first-order chi connectivity index (χ1) is 20.7. The summed E-state index contributed by atoms with van der Waals surface area (Å²) in [6.07, 6.45) is -3.22. The van der Waals surface area contributed by atoms with Crippen LogP contribution in [0.3, 0.4) is 0 Å². The van der Waals surface area contributed by atoms with Crippen LogP contribution in [0.5, 0.6) is 0 Å². The number of anilines is 1. The van der Waals surface area contributed by atoms with Crippen LogP contribution in [0.15, 0.2) is 52.2 Å². The predicted molar refractivity (Wildman–Crippen MR) is 164 cm³/mol. The summed E-state index contributed by atoms with van der Waals surface area (Å²) in [5.41, 5.74) is 2.20. The van der Waals surface area contributed by atoms with E-state index in [1.807, 2.05) is 37.4 Å². The van der Waals surface area contributed by atoms with Gasteiger partial charge in [-0.25, -0.2) is 26.6 Å². The Hall–Kier alpha value is -3.03. The molecule has 1 saturated heterocycles. The Morgan fingerprint density at radius 2 is 1.77 bits per heavy atom. The van der Waals surface area contributed by atoms with Gasteiger partial charge in [0.15, 0.2) is 0 Å². The fraction of sp³-hybridized carbons (Fsp3) is 0.385. The van der Waals surface area contributed by atoms with Crippen LogP contribution < -0.4 is 4.31 Å². The summed E-state index contributed by atoms with van der Waals surface area (Å²) < 4.78 is 85.9. The van der Waals surface area contributed by atoms with E-state index >= 15 is 0 Å². The first kappa shape index (κ1) is 33.9. The maximum absolute atomic E-state index is 13.3. The third-order valence-corrected chi connectivity index (χ3v) is 12.9. The number of benzene rings is 1. The largest absolute Gasteiger partial charge is 0.490 e. The molecule has 1 aliphatic rings. The Kier molecular flexibility index (Phi) is 10.4. The summed E-state index contributed by atoms with van der Waals surface area (Å²) in [5.74, 6) is -2.62. The summed E-state index contributed by atoms with van der Waals surface area (Å²) in [4.78, 5) is 20.3. The van der Waals surface area contributed by atoms with Crippen LogP contribution in [0.1, 0.15) is 18.7 Å². The fourth-order valence-corrected chi connectivity index (χ4v) is 9.13. The second-order valence-corrected chi connectivity index (χ2v) is 15.9. The molecule has 0 amide bonds. The monoisotopic (exact) mass is 693 g/mol. The van der Waals surface area contributed by atoms with E-state index in [4.69, 9.17) is 9.90 Å². The van der Waals surface area contributed by atoms with Crippen LogP contribution in [-0.2, 0) is 31.4 Å². The molecule has 0 aliphatic carbocycles. The molecule has 5 rings (SSSR count). The number of thiazole rings is 1. The van der Waals surface area contributed by atoms with Gasteiger partial charge in [-0.3, -0.25) is 9.21 Å². The number of hydrogen-bond donors (Lipinski definition) is 2. The van der Waals surface area contributed by atoms with Crippen molar-refractivity contribution in [3.05, 3.63) is 52.9 Å². The number of hydrogen-bond acceptors (Lipinski definition) is 9. The molecule has 1 fully saturated rings. The van der Waals surface area contributed by atoms with Gasteiger partial charge in [-0.2, -0.15) is 17.5 Å². The van der Waals surface area contributed by atoms with Crippen LogP contribution in [0.4, 0.5) is 18.9 Å². The molecular weight excluding hydrogens is 664 g/mol. The van der Waals surface area contributed by atoms with Gasteiger partial charge in [-0.05, 0) is 37.4 Å². The zero-order valence-corrected chi connectivity index (χ0v) is 26.9. The summed E-state index contributed by atoms with van der Waals surface area (Å²) >= 11 is 2.79. The summed E-state index contributed by atoms with van der Waals surface area (Å²) in [6, 6.07) is 11.0. The van der Waals surface area contributed by atoms with Crippen LogP contribution in [0.2, 0.25) is 0 Å². The van der Waals surface area contributed by atoms with E-state index < -0.39 is 32.2 Å². The lowest BCUT2D eigenvalue weighted by Gasteiger charge is -2.33. The number of alkyl halides is 3. The summed E-state index contributed by atoms with van der Waals surface area (Å²) in [7, 11) is -6.81. The van der Waals surface area contributed by atoms with Gasteiger partial charge in [0.05, 0.1) is 22.7 Å². The number of aromatic nitrogens is 2. The van der Waals surface area contributed by atoms with E-state index in [0.29, 0.717) is 49.2 Å². The maximum Gasteiger partial charge on any atom is 0.490 e. The van der Waals surface area contributed by atoms with E-state index in [0.717, 1.165) is 26.5 Å². The minimum Gasteiger partial charge on any atom is -0.475 e. The molecule has 3 aromatic heterocycles. The third kappa shape index (κ3) is 7.60. The van der Waals surface area contributed by atoms with Crippen molar-refractivity contribution in [1.29, 1.82) is 0 Å². The number of para-hydroxylation sites is 1. The summed E-state index contributed by atoms with van der Waals surface area (Å²) in [6.45, 7) is 6.92. The Morgan fingerprint density at radius 3 is 2.34 bits per heavy atom. The number of fused-ring (bicyclic) bond motifs is 1. The van der Waals surface area contributed by atoms with E-state index in [2.05, 4.69) is 14.9 Å². The van der Waals surface area contributed by atoms with Gasteiger partial charge in [0.25, 0.3) is 10.0 Å². The normalized spacial score (nSPS) is 15.2. The lowest BCUT2D eigenvalue weighted by atomic mass is 10.2. The number of thiophene rings is 1. The zero-order valence-electron chi connectivity index (χ0n) is 23.6. The standard InChI is InChI=1S/C24H29N5O4S4.C2HF3O2/c1-3-29(37(32,33)22-9-6-14-34-22)21-8-5-7-18-15-20(26-23(18)21)24-25-16-19(35-24)17-27-10-12-28(13-11-27)36(30,31)4-2;3-2(4,5)1(6)7/h5-9,14-16,26H,3-4,10-13,17H2,1-2H3;(H,6,7). The molecule has 0 saturated carbocycles. The highest BCUT2D eigenvalue weighted by atomic mass is 32.2. The van der Waals surface area contributed by atoms with E-state index in [1.165, 1.54) is 15.6 Å². The van der Waals surface area contributed by atoms with Crippen molar-refractivity contribution in [2.24, 2.45) is 0 Å². The Bertz CT molecular complexity index is 1800. The topological polar surface area (TPSA) is 144 Å². The van der Waals surface area contributed by atoms with Crippen LogP contribution in [-0.4, -0.2) is 91.7 Å². The Labute approximate surface area is 260 Å². The highest BCUT2D eigenvalue weighted by Crippen LogP contribution is 2.35. The number of halogens is 3. The number of carboxylic acids is 1. The highest BCUT2D eigenvalue weighted by molar-refractivity contribution is 7.94. The smallest absolute Gasteiger partial charge is 0.475 e. The quantitative estimate of drug-likeness (QED) is 0.258. The fourth-order valence-electron chi connectivity index (χ4n) is 4.53. The maximum atomic E-state index is 13.3. The van der Waals surface area contributed by atoms with E-state index in [9.17, 15) is 30.0 Å². The number of H-pyrrole nitrogens is 1. The van der Waals surface area contributed by atoms with Gasteiger partial charge in [0.1, 0.15) is 9.22 Å². The molecule has 4 aromatic rings. The number of aliphatic carboxylic acids is 1. The minimum absolute atomic E-state index is 0.132. The zero-order chi connectivity index (χ0) is 32.3. The van der Waals surface area contributed by atoms with Gasteiger partial charge in [-0.1, -0.05) is 18.2 Å². The average Bonchev–Trinajstić information content (AvgIpc) is 3.75. The Morgan fingerprint density at radius 1 is 1.09 bits per heavy atom. The molecule has 1 aliphatic heterocycles. The first-order valence-corrected chi connectivity index (χ1v) is 18.0. The SMILES string of the molecule is CCN(c1cccc2cc(-c3ncc(CN4CCN(S(=O)(=O)CC)CC4)s3)[nH]c12)S(=O)(=O)c1cccs1.O=C(O)C(F)(F)F. The lowest BCUT2D eigenvalue weighted by Crippen LogP contribution is -2.48. The van der Waals surface area contributed by atoms with E-state index in [-0.39, 0.29) is 5.75 Å². The van der Waals surface area contributed by atoms with Crippen molar-refractivity contribution in [2.75, 3.05) is 42.8 Å². The van der Waals surface area contributed by atoms with Crippen molar-refractivity contribution in [1.82, 2.24) is 19.2 Å². The molecule has 240 valence electrons. The molecule has 18 heteroatoms. The Balaban J connectivity index is 0.000000566. The minimum atomic E-state index is -5.08. The highest BCUT2D eigenvalue weighted by Gasteiger charge is 2.38. The van der Waals surface area contributed by atoms with Crippen molar-refractivity contribution in [3.8, 4) is 10.7 Å². The van der Waals surface area contributed by atoms with Crippen molar-refractivity contribution in [3.63, 3.8) is 0 Å². The second kappa shape index (κ2) is 13.5. The molecule has 1 aromatic carbocycles. The number of piperazine rings is 1. The molecule has 2 N–H and O–H groups in total. The molecule has 0 radical (unpaired) electrons. The van der Waals surface area contributed by atoms with Crippen LogP contribution in [0.25, 0.3) is 21.6 Å². The molecule has 0 atom stereocenters. The van der Waals surface area contributed by atoms with Crippen LogP contribution in [0, 0.1) is 0 Å². The predicted octanol–water partition coefficient (Wildman–Crippen LogP) is 4.67. The van der Waals surface area contributed by atoms with Gasteiger partial charge in [0, 0.05) is 55.7 Å². The van der Waals surface area contributed by atoms with Gasteiger partial charge in [-0.15, -0.1) is 22.7 Å². The van der Waals surface area contributed by atoms with Crippen molar-refractivity contribution < 1.29 is 39.9 Å². The molecular formula is C26H30F3N5O6S4. The third-order valence-electron chi connectivity index (χ3n) is 6.72. The lowest BCUT2D eigenvalue weighted by molar-refractivity contribution is -0.192. The number of nitrogens with one attached hydrogen (secondary N) is 1. The molecule has 0 spiro atoms. The van der Waals surface area contributed by atoms with E-state index in [1.54, 1.807) is 40.1 Å². The summed E-state index contributed by atoms with van der Waals surface area (Å²) in [5, 5.41) is 10.6. The van der Waals surface area contributed by atoms with Crippen molar-refractivity contribution in [2.45, 2.75) is 30.8 Å². The number of carbonyl (C=O) groups is 1. The molecule has 11 nitrogen and oxygen atoms in total. The van der Waals surface area contributed by atoms with Gasteiger partial charge in [0.2, 0.25) is 10.0 Å². The molecule has 0 unspecified atom stereocenters. The number of carboxylic acid groups (broad SMARTS) is 1. The second-order valence-electron chi connectivity index (χ2n) is 9.54. The molecule has 4 heterocycles.